The number of hydrogen-bond acceptors (Lipinski definition) is 4. The van der Waals surface area contributed by atoms with Gasteiger partial charge in [-0.1, -0.05) is 25.5 Å². The largest absolute Gasteiger partial charge is 0.355 e. The highest BCUT2D eigenvalue weighted by Crippen LogP contribution is 2.29. The standard InChI is InChI=1S/C18H25N3O3S/c1-3-7-13(2)19-18(22)14-8-6-11-21(12-14)17-15-9-4-5-10-16(15)25(23,24)20-17/h4-5,9-10,13-14H,3,6-8,11-12H2,1-2H3,(H,19,22)/t13-,14+/m1/s1. The molecule has 0 bridgehead atoms. The molecule has 136 valence electrons. The van der Waals surface area contributed by atoms with Gasteiger partial charge in [0.05, 0.1) is 5.92 Å². The quantitative estimate of drug-likeness (QED) is 0.889. The number of fused-ring (bicyclic) bond motifs is 1. The predicted octanol–water partition coefficient (Wildman–Crippen LogP) is 2.15. The van der Waals surface area contributed by atoms with Crippen LogP contribution in [0.25, 0.3) is 0 Å². The molecule has 1 amide bonds. The van der Waals surface area contributed by atoms with Gasteiger partial charge in [-0.2, -0.15) is 8.42 Å². The van der Waals surface area contributed by atoms with Crippen molar-refractivity contribution < 1.29 is 13.2 Å². The third kappa shape index (κ3) is 3.71. The molecule has 1 fully saturated rings. The minimum Gasteiger partial charge on any atom is -0.355 e. The van der Waals surface area contributed by atoms with E-state index in [9.17, 15) is 13.2 Å². The van der Waals surface area contributed by atoms with Crippen molar-refractivity contribution in [2.75, 3.05) is 13.1 Å². The van der Waals surface area contributed by atoms with Crippen molar-refractivity contribution >= 4 is 21.8 Å². The molecular formula is C18H25N3O3S. The van der Waals surface area contributed by atoms with Gasteiger partial charge in [-0.3, -0.25) is 4.79 Å². The van der Waals surface area contributed by atoms with Crippen LogP contribution in [0, 0.1) is 5.92 Å². The van der Waals surface area contributed by atoms with Crippen LogP contribution < -0.4 is 5.32 Å². The zero-order valence-corrected chi connectivity index (χ0v) is 15.6. The predicted molar refractivity (Wildman–Crippen MR) is 97.0 cm³/mol. The Balaban J connectivity index is 1.75. The number of hydrogen-bond donors (Lipinski definition) is 1. The molecule has 2 aliphatic heterocycles. The average Bonchev–Trinajstić information content (AvgIpc) is 2.87. The van der Waals surface area contributed by atoms with Gasteiger partial charge in [0.2, 0.25) is 5.91 Å². The average molecular weight is 363 g/mol. The number of amidine groups is 1. The van der Waals surface area contributed by atoms with Crippen molar-refractivity contribution in [2.24, 2.45) is 10.3 Å². The summed E-state index contributed by atoms with van der Waals surface area (Å²) in [5.41, 5.74) is 0.642. The van der Waals surface area contributed by atoms with E-state index < -0.39 is 10.0 Å². The number of carbonyl (C=O) groups is 1. The van der Waals surface area contributed by atoms with Crippen LogP contribution >= 0.6 is 0 Å². The number of piperidine rings is 1. The lowest BCUT2D eigenvalue weighted by atomic mass is 9.96. The van der Waals surface area contributed by atoms with Crippen LogP contribution in [0.5, 0.6) is 0 Å². The summed E-state index contributed by atoms with van der Waals surface area (Å²) >= 11 is 0. The smallest absolute Gasteiger partial charge is 0.285 e. The Morgan fingerprint density at radius 1 is 1.40 bits per heavy atom. The molecule has 0 radical (unpaired) electrons. The van der Waals surface area contributed by atoms with Crippen LogP contribution in [0.3, 0.4) is 0 Å². The zero-order valence-electron chi connectivity index (χ0n) is 14.7. The number of rotatable bonds is 4. The maximum Gasteiger partial charge on any atom is 0.285 e. The first-order valence-corrected chi connectivity index (χ1v) is 10.4. The molecule has 2 aliphatic rings. The van der Waals surface area contributed by atoms with E-state index in [2.05, 4.69) is 16.6 Å². The van der Waals surface area contributed by atoms with E-state index in [1.165, 1.54) is 0 Å². The van der Waals surface area contributed by atoms with Crippen LogP contribution in [0.15, 0.2) is 33.6 Å². The van der Waals surface area contributed by atoms with E-state index in [0.717, 1.165) is 32.2 Å². The fraction of sp³-hybridized carbons (Fsp3) is 0.556. The monoisotopic (exact) mass is 363 g/mol. The lowest BCUT2D eigenvalue weighted by Crippen LogP contribution is -2.47. The van der Waals surface area contributed by atoms with Gasteiger partial charge in [0, 0.05) is 24.7 Å². The van der Waals surface area contributed by atoms with Gasteiger partial charge in [-0.25, -0.2) is 0 Å². The van der Waals surface area contributed by atoms with Crippen molar-refractivity contribution in [1.29, 1.82) is 0 Å². The summed E-state index contributed by atoms with van der Waals surface area (Å²) in [6.45, 7) is 5.34. The molecule has 0 spiro atoms. The number of benzene rings is 1. The molecule has 2 atom stereocenters. The van der Waals surface area contributed by atoms with E-state index in [1.807, 2.05) is 17.9 Å². The molecule has 7 heteroatoms. The molecule has 25 heavy (non-hydrogen) atoms. The zero-order chi connectivity index (χ0) is 18.0. The summed E-state index contributed by atoms with van der Waals surface area (Å²) in [6, 6.07) is 7.05. The lowest BCUT2D eigenvalue weighted by molar-refractivity contribution is -0.126. The molecule has 0 aliphatic carbocycles. The van der Waals surface area contributed by atoms with E-state index in [1.54, 1.807) is 18.2 Å². The van der Waals surface area contributed by atoms with E-state index in [4.69, 9.17) is 0 Å². The molecule has 3 rings (SSSR count). The number of carbonyl (C=O) groups excluding carboxylic acids is 1. The number of sulfonamides is 1. The molecule has 2 heterocycles. The van der Waals surface area contributed by atoms with Gasteiger partial charge in [-0.15, -0.1) is 4.40 Å². The third-order valence-electron chi connectivity index (χ3n) is 4.81. The highest BCUT2D eigenvalue weighted by molar-refractivity contribution is 7.90. The van der Waals surface area contributed by atoms with Crippen molar-refractivity contribution in [1.82, 2.24) is 10.2 Å². The molecule has 1 saturated heterocycles. The normalized spacial score (nSPS) is 22.9. The molecule has 0 saturated carbocycles. The minimum atomic E-state index is -3.62. The van der Waals surface area contributed by atoms with E-state index in [0.29, 0.717) is 17.9 Å². The molecule has 0 unspecified atom stereocenters. The first kappa shape index (κ1) is 17.9. The van der Waals surface area contributed by atoms with Gasteiger partial charge in [0.15, 0.2) is 5.84 Å². The first-order valence-electron chi connectivity index (χ1n) is 8.92. The number of likely N-dealkylation sites (tertiary alicyclic amines) is 1. The number of nitrogens with zero attached hydrogens (tertiary/aromatic N) is 2. The second-order valence-corrected chi connectivity index (χ2v) is 8.44. The molecule has 6 nitrogen and oxygen atoms in total. The van der Waals surface area contributed by atoms with E-state index >= 15 is 0 Å². The van der Waals surface area contributed by atoms with Gasteiger partial charge in [-0.05, 0) is 38.3 Å². The maximum atomic E-state index is 12.5. The van der Waals surface area contributed by atoms with E-state index in [-0.39, 0.29) is 22.8 Å². The van der Waals surface area contributed by atoms with Gasteiger partial charge in [0.25, 0.3) is 10.0 Å². The highest BCUT2D eigenvalue weighted by atomic mass is 32.2. The fourth-order valence-electron chi connectivity index (χ4n) is 3.57. The van der Waals surface area contributed by atoms with Crippen molar-refractivity contribution in [3.05, 3.63) is 29.8 Å². The maximum absolute atomic E-state index is 12.5. The highest BCUT2D eigenvalue weighted by Gasteiger charge is 2.35. The molecular weight excluding hydrogens is 338 g/mol. The Kier molecular flexibility index (Phi) is 5.13. The minimum absolute atomic E-state index is 0.0559. The Bertz CT molecular complexity index is 789. The summed E-state index contributed by atoms with van der Waals surface area (Å²) in [5, 5.41) is 3.07. The second-order valence-electron chi connectivity index (χ2n) is 6.87. The Hall–Kier alpha value is -1.89. The summed E-state index contributed by atoms with van der Waals surface area (Å²) in [5.74, 6) is 0.404. The fourth-order valence-corrected chi connectivity index (χ4v) is 4.79. The SMILES string of the molecule is CCC[C@@H](C)NC(=O)[C@H]1CCCN(C2=NS(=O)(=O)c3ccccc32)C1. The Morgan fingerprint density at radius 2 is 2.16 bits per heavy atom. The van der Waals surface area contributed by atoms with Crippen LogP contribution in [0.4, 0.5) is 0 Å². The second kappa shape index (κ2) is 7.15. The van der Waals surface area contributed by atoms with Crippen molar-refractivity contribution in [2.45, 2.75) is 50.5 Å². The number of nitrogens with one attached hydrogen (secondary N) is 1. The lowest BCUT2D eigenvalue weighted by Gasteiger charge is -2.33. The summed E-state index contributed by atoms with van der Waals surface area (Å²) < 4.78 is 28.5. The summed E-state index contributed by atoms with van der Waals surface area (Å²) in [7, 11) is -3.62. The van der Waals surface area contributed by atoms with Gasteiger partial charge in [0.1, 0.15) is 4.90 Å². The summed E-state index contributed by atoms with van der Waals surface area (Å²) in [6.07, 6.45) is 3.66. The van der Waals surface area contributed by atoms with Crippen LogP contribution in [-0.4, -0.2) is 44.2 Å². The van der Waals surface area contributed by atoms with Gasteiger partial charge >= 0.3 is 0 Å². The van der Waals surface area contributed by atoms with Crippen LogP contribution in [-0.2, 0) is 14.8 Å². The first-order chi connectivity index (χ1) is 11.9. The summed E-state index contributed by atoms with van der Waals surface area (Å²) in [4.78, 5) is 14.7. The third-order valence-corrected chi connectivity index (χ3v) is 6.14. The molecule has 1 N–H and O–H groups in total. The Labute approximate surface area is 149 Å². The molecule has 1 aromatic carbocycles. The Morgan fingerprint density at radius 3 is 2.92 bits per heavy atom. The number of amides is 1. The van der Waals surface area contributed by atoms with Gasteiger partial charge < -0.3 is 10.2 Å². The van der Waals surface area contributed by atoms with Crippen molar-refractivity contribution in [3.8, 4) is 0 Å². The topological polar surface area (TPSA) is 78.8 Å². The molecule has 1 aromatic rings. The van der Waals surface area contributed by atoms with Crippen LogP contribution in [0.2, 0.25) is 0 Å². The molecule has 0 aromatic heterocycles. The van der Waals surface area contributed by atoms with Crippen molar-refractivity contribution in [3.63, 3.8) is 0 Å². The van der Waals surface area contributed by atoms with Crippen LogP contribution in [0.1, 0.15) is 45.1 Å².